The minimum absolute atomic E-state index is 0.0856. The monoisotopic (exact) mass is 504 g/mol. The van der Waals surface area contributed by atoms with E-state index in [1.165, 1.54) is 12.1 Å². The lowest BCUT2D eigenvalue weighted by Gasteiger charge is -2.60. The summed E-state index contributed by atoms with van der Waals surface area (Å²) >= 11 is 0. The molecule has 0 spiro atoms. The first-order chi connectivity index (χ1) is 16.2. The number of sulfonamides is 1. The summed E-state index contributed by atoms with van der Waals surface area (Å²) in [6.07, 6.45) is -0.294. The molecule has 35 heavy (non-hydrogen) atoms. The number of hydrogen-bond donors (Lipinski definition) is 1. The van der Waals surface area contributed by atoms with Crippen LogP contribution in [0.5, 0.6) is 0 Å². The predicted molar refractivity (Wildman–Crippen MR) is 132 cm³/mol. The van der Waals surface area contributed by atoms with Crippen molar-refractivity contribution >= 4 is 20.9 Å². The predicted octanol–water partition coefficient (Wildman–Crippen LogP) is 6.91. The molecule has 0 radical (unpaired) electrons. The van der Waals surface area contributed by atoms with Gasteiger partial charge in [-0.2, -0.15) is 13.2 Å². The summed E-state index contributed by atoms with van der Waals surface area (Å²) in [5, 5.41) is 0.843. The zero-order valence-corrected chi connectivity index (χ0v) is 21.2. The molecule has 3 aromatic rings. The first kappa shape index (κ1) is 24.4. The molecule has 3 saturated carbocycles. The van der Waals surface area contributed by atoms with E-state index in [1.54, 1.807) is 18.2 Å². The van der Waals surface area contributed by atoms with Crippen LogP contribution in [0.4, 0.5) is 13.2 Å². The molecule has 0 saturated heterocycles. The zero-order chi connectivity index (χ0) is 25.4. The Morgan fingerprint density at radius 1 is 1.09 bits per heavy atom. The van der Waals surface area contributed by atoms with E-state index in [2.05, 4.69) is 25.5 Å². The van der Waals surface area contributed by atoms with E-state index in [0.29, 0.717) is 18.0 Å². The third kappa shape index (κ3) is 4.18. The molecule has 4 nitrogen and oxygen atoms in total. The number of rotatable bonds is 6. The summed E-state index contributed by atoms with van der Waals surface area (Å²) in [5.41, 5.74) is 1.47. The number of nitrogens with zero attached hydrogens (tertiary/aromatic N) is 1. The van der Waals surface area contributed by atoms with Gasteiger partial charge in [0.15, 0.2) is 0 Å². The molecule has 1 heterocycles. The summed E-state index contributed by atoms with van der Waals surface area (Å²) < 4.78 is 71.5. The molecule has 3 aliphatic carbocycles. The lowest BCUT2D eigenvalue weighted by molar-refractivity contribution is -0.137. The fraction of sp³-hybridized carbons (Fsp3) is 0.481. The van der Waals surface area contributed by atoms with Gasteiger partial charge in [-0.05, 0) is 66.3 Å². The van der Waals surface area contributed by atoms with Crippen molar-refractivity contribution < 1.29 is 21.6 Å². The Hall–Kier alpha value is -2.32. The Morgan fingerprint density at radius 3 is 2.31 bits per heavy atom. The fourth-order valence-electron chi connectivity index (χ4n) is 5.61. The third-order valence-corrected chi connectivity index (χ3v) is 9.76. The highest BCUT2D eigenvalue weighted by Crippen LogP contribution is 2.61. The van der Waals surface area contributed by atoms with Crippen molar-refractivity contribution in [3.8, 4) is 11.1 Å². The van der Waals surface area contributed by atoms with Gasteiger partial charge in [0.2, 0.25) is 10.0 Å². The maximum absolute atomic E-state index is 13.7. The van der Waals surface area contributed by atoms with E-state index >= 15 is 0 Å². The minimum Gasteiger partial charge on any atom is -0.347 e. The zero-order valence-electron chi connectivity index (χ0n) is 20.4. The number of hydrogen-bond acceptors (Lipinski definition) is 2. The van der Waals surface area contributed by atoms with Crippen molar-refractivity contribution in [2.24, 2.45) is 11.3 Å². The number of nitrogens with one attached hydrogen (secondary N) is 1. The van der Waals surface area contributed by atoms with Gasteiger partial charge in [-0.3, -0.25) is 0 Å². The normalized spacial score (nSPS) is 23.1. The van der Waals surface area contributed by atoms with E-state index in [9.17, 15) is 21.6 Å². The summed E-state index contributed by atoms with van der Waals surface area (Å²) in [7, 11) is -3.46. The van der Waals surface area contributed by atoms with Crippen LogP contribution in [0, 0.1) is 11.3 Å². The Balaban J connectivity index is 1.58. The lowest BCUT2D eigenvalue weighted by Crippen LogP contribution is -2.65. The van der Waals surface area contributed by atoms with Crippen LogP contribution in [0.15, 0.2) is 48.7 Å². The molecule has 0 aliphatic heterocycles. The second-order valence-electron chi connectivity index (χ2n) is 11.6. The quantitative estimate of drug-likeness (QED) is 0.397. The van der Waals surface area contributed by atoms with Crippen molar-refractivity contribution in [1.82, 2.24) is 9.29 Å². The molecule has 2 bridgehead atoms. The molecule has 8 heteroatoms. The smallest absolute Gasteiger partial charge is 0.347 e. The molecule has 1 atom stereocenters. The van der Waals surface area contributed by atoms with Crippen molar-refractivity contribution in [3.63, 3.8) is 0 Å². The standard InChI is InChI=1S/C27H31F3N2O2S/c1-17(31-35(33,34)26-12-18(13-26)14-26)22-15-32(16-25(2,3)4)24-11-19(9-10-21(22)24)20-7-5-6-8-23(20)27(28,29)30/h5-11,15,17-18,31H,12-14,16H2,1-4H3. The third-order valence-electron chi connectivity index (χ3n) is 7.45. The maximum atomic E-state index is 13.7. The highest BCUT2D eigenvalue weighted by Gasteiger charge is 2.64. The first-order valence-electron chi connectivity index (χ1n) is 12.0. The molecular formula is C27H31F3N2O2S. The van der Waals surface area contributed by atoms with Crippen LogP contribution in [0.25, 0.3) is 22.0 Å². The van der Waals surface area contributed by atoms with E-state index in [1.807, 2.05) is 23.8 Å². The van der Waals surface area contributed by atoms with E-state index in [4.69, 9.17) is 0 Å². The van der Waals surface area contributed by atoms with Crippen LogP contribution < -0.4 is 4.72 Å². The van der Waals surface area contributed by atoms with Crippen molar-refractivity contribution in [2.45, 2.75) is 70.5 Å². The fourth-order valence-corrected chi connectivity index (χ4v) is 7.81. The molecule has 1 N–H and O–H groups in total. The molecule has 2 aromatic carbocycles. The summed E-state index contributed by atoms with van der Waals surface area (Å²) in [6, 6.07) is 10.4. The highest BCUT2D eigenvalue weighted by molar-refractivity contribution is 7.91. The molecule has 1 unspecified atom stereocenters. The number of aromatic nitrogens is 1. The SMILES string of the molecule is CC(NS(=O)(=O)C12CC(C1)C2)c1cn(CC(C)(C)C)c2cc(-c3ccccc3C(F)(F)F)ccc12. The van der Waals surface area contributed by atoms with Gasteiger partial charge < -0.3 is 4.57 Å². The van der Waals surface area contributed by atoms with E-state index in [0.717, 1.165) is 41.8 Å². The highest BCUT2D eigenvalue weighted by atomic mass is 32.2. The van der Waals surface area contributed by atoms with Crippen LogP contribution in [0.3, 0.4) is 0 Å². The Morgan fingerprint density at radius 2 is 1.74 bits per heavy atom. The molecule has 6 rings (SSSR count). The van der Waals surface area contributed by atoms with Gasteiger partial charge >= 0.3 is 6.18 Å². The largest absolute Gasteiger partial charge is 0.417 e. The van der Waals surface area contributed by atoms with Gasteiger partial charge in [0.1, 0.15) is 0 Å². The van der Waals surface area contributed by atoms with Crippen LogP contribution in [-0.2, 0) is 22.7 Å². The number of halogens is 3. The first-order valence-corrected chi connectivity index (χ1v) is 13.5. The van der Waals surface area contributed by atoms with Crippen LogP contribution in [0.1, 0.15) is 64.1 Å². The van der Waals surface area contributed by atoms with Gasteiger partial charge in [-0.15, -0.1) is 0 Å². The summed E-state index contributed by atoms with van der Waals surface area (Å²) in [4.78, 5) is 0. The van der Waals surface area contributed by atoms with Gasteiger partial charge in [-0.25, -0.2) is 13.1 Å². The number of benzene rings is 2. The average Bonchev–Trinajstić information content (AvgIpc) is 3.00. The van der Waals surface area contributed by atoms with Crippen molar-refractivity contribution in [2.75, 3.05) is 0 Å². The molecule has 3 aliphatic rings. The maximum Gasteiger partial charge on any atom is 0.417 e. The number of alkyl halides is 3. The van der Waals surface area contributed by atoms with Gasteiger partial charge in [0.05, 0.1) is 10.3 Å². The second-order valence-corrected chi connectivity index (χ2v) is 13.7. The van der Waals surface area contributed by atoms with Crippen LogP contribution in [0.2, 0.25) is 0 Å². The molecule has 188 valence electrons. The molecular weight excluding hydrogens is 473 g/mol. The minimum atomic E-state index is -4.46. The summed E-state index contributed by atoms with van der Waals surface area (Å²) in [5.74, 6) is 0.550. The van der Waals surface area contributed by atoms with E-state index in [-0.39, 0.29) is 11.0 Å². The van der Waals surface area contributed by atoms with Crippen molar-refractivity contribution in [1.29, 1.82) is 0 Å². The Kier molecular flexibility index (Phi) is 5.46. The average molecular weight is 505 g/mol. The molecule has 1 aromatic heterocycles. The van der Waals surface area contributed by atoms with Crippen molar-refractivity contribution in [3.05, 3.63) is 59.8 Å². The lowest BCUT2D eigenvalue weighted by atomic mass is 9.55. The topological polar surface area (TPSA) is 51.1 Å². The van der Waals surface area contributed by atoms with E-state index < -0.39 is 32.6 Å². The molecule has 0 amide bonds. The summed E-state index contributed by atoms with van der Waals surface area (Å²) in [6.45, 7) is 8.76. The van der Waals surface area contributed by atoms with Crippen LogP contribution >= 0.6 is 0 Å². The van der Waals surface area contributed by atoms with Gasteiger partial charge in [0.25, 0.3) is 0 Å². The Labute approximate surface area is 204 Å². The number of fused-ring (bicyclic) bond motifs is 1. The van der Waals surface area contributed by atoms with Crippen LogP contribution in [-0.4, -0.2) is 17.7 Å². The second kappa shape index (κ2) is 7.84. The molecule has 3 fully saturated rings. The van der Waals surface area contributed by atoms with Gasteiger partial charge in [0, 0.05) is 29.7 Å². The van der Waals surface area contributed by atoms with Gasteiger partial charge in [-0.1, -0.05) is 51.1 Å². The Bertz CT molecular complexity index is 1380.